The van der Waals surface area contributed by atoms with Crippen molar-refractivity contribution in [2.45, 2.75) is 19.6 Å². The molecule has 3 aromatic rings. The van der Waals surface area contributed by atoms with Crippen molar-refractivity contribution in [2.24, 2.45) is 0 Å². The normalized spacial score (nSPS) is 12.3. The van der Waals surface area contributed by atoms with Crippen LogP contribution in [-0.4, -0.2) is 13.1 Å². The number of esters is 1. The van der Waals surface area contributed by atoms with E-state index in [1.807, 2.05) is 12.1 Å². The Bertz CT molecular complexity index is 922. The summed E-state index contributed by atoms with van der Waals surface area (Å²) < 4.78 is 25.6. The number of carbonyl (C=O) groups excluding carboxylic acids is 1. The van der Waals surface area contributed by atoms with Crippen molar-refractivity contribution in [1.29, 1.82) is 0 Å². The first-order valence-corrected chi connectivity index (χ1v) is 8.86. The molecule has 0 unspecified atom stereocenters. The molecule has 0 N–H and O–H groups in total. The molecule has 25 heavy (non-hydrogen) atoms. The van der Waals surface area contributed by atoms with Gasteiger partial charge in [0, 0.05) is 33.3 Å². The van der Waals surface area contributed by atoms with Crippen molar-refractivity contribution in [3.63, 3.8) is 0 Å². The van der Waals surface area contributed by atoms with Gasteiger partial charge in [0.05, 0.1) is 6.61 Å². The molecule has 3 rings (SSSR count). The second kappa shape index (κ2) is 7.52. The maximum Gasteiger partial charge on any atom is 0.349 e. The maximum absolute atomic E-state index is 14.2. The Balaban J connectivity index is 1.96. The minimum atomic E-state index is -0.522. The number of rotatable bonds is 5. The van der Waals surface area contributed by atoms with Crippen LogP contribution in [0.4, 0.5) is 4.39 Å². The summed E-state index contributed by atoms with van der Waals surface area (Å²) in [5.41, 5.74) is 1.23. The standard InChI is InChI=1S/C19H16ClFO3S/c1-11(12-6-3-4-7-14(12)20)24-19(22)18-13(10-23-2)17-15(21)8-5-9-16(17)25-18/h3-9,11H,10H2,1-2H3/t11-/m1/s1. The van der Waals surface area contributed by atoms with E-state index in [1.165, 1.54) is 24.5 Å². The summed E-state index contributed by atoms with van der Waals surface area (Å²) in [6, 6.07) is 12.0. The van der Waals surface area contributed by atoms with E-state index in [2.05, 4.69) is 0 Å². The zero-order valence-corrected chi connectivity index (χ0v) is 15.3. The molecule has 3 nitrogen and oxygen atoms in total. The molecule has 0 aliphatic rings. The van der Waals surface area contributed by atoms with Crippen LogP contribution in [0.2, 0.25) is 5.02 Å². The zero-order valence-electron chi connectivity index (χ0n) is 13.7. The van der Waals surface area contributed by atoms with Crippen molar-refractivity contribution >= 4 is 39.0 Å². The van der Waals surface area contributed by atoms with Gasteiger partial charge in [-0.1, -0.05) is 35.9 Å². The molecule has 130 valence electrons. The van der Waals surface area contributed by atoms with Crippen molar-refractivity contribution in [3.05, 3.63) is 69.3 Å². The highest BCUT2D eigenvalue weighted by atomic mass is 35.5. The van der Waals surface area contributed by atoms with Gasteiger partial charge in [-0.15, -0.1) is 11.3 Å². The van der Waals surface area contributed by atoms with Crippen LogP contribution < -0.4 is 0 Å². The molecule has 0 amide bonds. The van der Waals surface area contributed by atoms with Gasteiger partial charge in [0.25, 0.3) is 0 Å². The van der Waals surface area contributed by atoms with Gasteiger partial charge >= 0.3 is 5.97 Å². The fraction of sp³-hybridized carbons (Fsp3) is 0.211. The molecule has 0 radical (unpaired) electrons. The van der Waals surface area contributed by atoms with Crippen molar-refractivity contribution in [3.8, 4) is 0 Å². The van der Waals surface area contributed by atoms with Gasteiger partial charge in [-0.3, -0.25) is 0 Å². The Labute approximate surface area is 153 Å². The van der Waals surface area contributed by atoms with E-state index in [4.69, 9.17) is 21.1 Å². The Kier molecular flexibility index (Phi) is 5.37. The molecule has 1 heterocycles. The summed E-state index contributed by atoms with van der Waals surface area (Å²) in [7, 11) is 1.51. The molecule has 0 spiro atoms. The van der Waals surface area contributed by atoms with Gasteiger partial charge in [-0.25, -0.2) is 9.18 Å². The number of thiophene rings is 1. The highest BCUT2D eigenvalue weighted by Gasteiger charge is 2.24. The number of ether oxygens (including phenoxy) is 2. The Hall–Kier alpha value is -1.95. The lowest BCUT2D eigenvalue weighted by atomic mass is 10.1. The lowest BCUT2D eigenvalue weighted by molar-refractivity contribution is 0.0340. The lowest BCUT2D eigenvalue weighted by Crippen LogP contribution is -2.10. The molecule has 0 saturated carbocycles. The Morgan fingerprint density at radius 3 is 2.72 bits per heavy atom. The summed E-state index contributed by atoms with van der Waals surface area (Å²) in [5.74, 6) is -0.890. The first-order chi connectivity index (χ1) is 12.0. The summed E-state index contributed by atoms with van der Waals surface area (Å²) in [4.78, 5) is 13.0. The predicted octanol–water partition coefficient (Wildman–Crippen LogP) is 5.76. The maximum atomic E-state index is 14.2. The molecular weight excluding hydrogens is 363 g/mol. The van der Waals surface area contributed by atoms with Crippen LogP contribution in [0, 0.1) is 5.82 Å². The fourth-order valence-electron chi connectivity index (χ4n) is 2.70. The van der Waals surface area contributed by atoms with Crippen molar-refractivity contribution in [2.75, 3.05) is 7.11 Å². The second-order valence-electron chi connectivity index (χ2n) is 5.52. The molecule has 0 aliphatic heterocycles. The van der Waals surface area contributed by atoms with Crippen LogP contribution in [0.25, 0.3) is 10.1 Å². The monoisotopic (exact) mass is 378 g/mol. The first kappa shape index (κ1) is 17.9. The summed E-state index contributed by atoms with van der Waals surface area (Å²) >= 11 is 7.36. The SMILES string of the molecule is COCc1c(C(=O)O[C@H](C)c2ccccc2Cl)sc2cccc(F)c12. The summed E-state index contributed by atoms with van der Waals surface area (Å²) in [5, 5.41) is 0.939. The van der Waals surface area contributed by atoms with Gasteiger partial charge in [-0.05, 0) is 25.1 Å². The molecule has 0 aliphatic carbocycles. The predicted molar refractivity (Wildman–Crippen MR) is 97.8 cm³/mol. The van der Waals surface area contributed by atoms with Crippen LogP contribution in [0.5, 0.6) is 0 Å². The average molecular weight is 379 g/mol. The quantitative estimate of drug-likeness (QED) is 0.529. The third-order valence-electron chi connectivity index (χ3n) is 3.86. The van der Waals surface area contributed by atoms with E-state index in [1.54, 1.807) is 31.2 Å². The van der Waals surface area contributed by atoms with Crippen LogP contribution >= 0.6 is 22.9 Å². The van der Waals surface area contributed by atoms with Crippen LogP contribution in [-0.2, 0) is 16.1 Å². The van der Waals surface area contributed by atoms with Gasteiger partial charge in [0.1, 0.15) is 16.8 Å². The zero-order chi connectivity index (χ0) is 18.0. The topological polar surface area (TPSA) is 35.5 Å². The van der Waals surface area contributed by atoms with E-state index < -0.39 is 12.1 Å². The molecular formula is C19H16ClFO3S. The molecule has 0 fully saturated rings. The van der Waals surface area contributed by atoms with Gasteiger partial charge in [0.2, 0.25) is 0 Å². The van der Waals surface area contributed by atoms with Gasteiger partial charge in [0.15, 0.2) is 0 Å². The van der Waals surface area contributed by atoms with E-state index in [9.17, 15) is 9.18 Å². The van der Waals surface area contributed by atoms with Crippen LogP contribution in [0.1, 0.15) is 33.8 Å². The smallest absolute Gasteiger partial charge is 0.349 e. The van der Waals surface area contributed by atoms with Gasteiger partial charge < -0.3 is 9.47 Å². The number of benzene rings is 2. The summed E-state index contributed by atoms with van der Waals surface area (Å²) in [6.07, 6.45) is -0.522. The average Bonchev–Trinajstić information content (AvgIpc) is 2.95. The number of hydrogen-bond acceptors (Lipinski definition) is 4. The molecule has 2 aromatic carbocycles. The first-order valence-electron chi connectivity index (χ1n) is 7.67. The highest BCUT2D eigenvalue weighted by molar-refractivity contribution is 7.21. The number of hydrogen-bond donors (Lipinski definition) is 0. The number of halogens is 2. The molecule has 1 aromatic heterocycles. The Morgan fingerprint density at radius 2 is 2.00 bits per heavy atom. The minimum absolute atomic E-state index is 0.131. The van der Waals surface area contributed by atoms with E-state index in [0.717, 1.165) is 5.56 Å². The third kappa shape index (κ3) is 3.54. The lowest BCUT2D eigenvalue weighted by Gasteiger charge is -2.15. The molecule has 6 heteroatoms. The van der Waals surface area contributed by atoms with Gasteiger partial charge in [-0.2, -0.15) is 0 Å². The van der Waals surface area contributed by atoms with E-state index >= 15 is 0 Å². The second-order valence-corrected chi connectivity index (χ2v) is 6.98. The van der Waals surface area contributed by atoms with E-state index in [-0.39, 0.29) is 12.4 Å². The number of fused-ring (bicyclic) bond motifs is 1. The highest BCUT2D eigenvalue weighted by Crippen LogP contribution is 2.35. The molecule has 0 saturated heterocycles. The fourth-order valence-corrected chi connectivity index (χ4v) is 4.09. The number of methoxy groups -OCH3 is 1. The third-order valence-corrected chi connectivity index (χ3v) is 5.39. The molecule has 1 atom stereocenters. The van der Waals surface area contributed by atoms with Crippen molar-refractivity contribution in [1.82, 2.24) is 0 Å². The largest absolute Gasteiger partial charge is 0.454 e. The van der Waals surface area contributed by atoms with Crippen molar-refractivity contribution < 1.29 is 18.7 Å². The number of carbonyl (C=O) groups is 1. The minimum Gasteiger partial charge on any atom is -0.454 e. The van der Waals surface area contributed by atoms with Crippen LogP contribution in [0.15, 0.2) is 42.5 Å². The summed E-state index contributed by atoms with van der Waals surface area (Å²) in [6.45, 7) is 1.88. The van der Waals surface area contributed by atoms with Crippen LogP contribution in [0.3, 0.4) is 0 Å². The Morgan fingerprint density at radius 1 is 1.24 bits per heavy atom. The molecule has 0 bridgehead atoms. The van der Waals surface area contributed by atoms with E-state index in [0.29, 0.717) is 25.5 Å².